The van der Waals surface area contributed by atoms with Gasteiger partial charge in [-0.15, -0.1) is 11.6 Å². The van der Waals surface area contributed by atoms with Crippen molar-refractivity contribution in [3.63, 3.8) is 0 Å². The number of carbonyl (C=O) groups excluding carboxylic acids is 2. The van der Waals surface area contributed by atoms with Crippen LogP contribution in [-0.4, -0.2) is 71.9 Å². The maximum Gasteiger partial charge on any atom is 0.227 e. The molecule has 1 atom stereocenters. The number of hydrogen-bond acceptors (Lipinski definition) is 6. The molecule has 116 valence electrons. The van der Waals surface area contributed by atoms with E-state index in [1.165, 1.54) is 6.20 Å². The monoisotopic (exact) mass is 321 g/mol. The maximum absolute atomic E-state index is 12.4. The van der Waals surface area contributed by atoms with Crippen molar-refractivity contribution in [2.45, 2.75) is 5.38 Å². The zero-order valence-corrected chi connectivity index (χ0v) is 12.8. The first-order chi connectivity index (χ1) is 10.7. The molecular weight excluding hydrogens is 306 g/mol. The Hall–Kier alpha value is -1.63. The number of hydrogen-bond donors (Lipinski definition) is 0. The molecule has 0 amide bonds. The molecule has 1 aliphatic carbocycles. The maximum atomic E-state index is 12.4. The zero-order chi connectivity index (χ0) is 15.5. The zero-order valence-electron chi connectivity index (χ0n) is 12.0. The SMILES string of the molecule is O=C1C(=NCCN2CCOCC2)C(Cl)C(=O)c2cccnc21. The van der Waals surface area contributed by atoms with Gasteiger partial charge in [-0.3, -0.25) is 24.5 Å². The van der Waals surface area contributed by atoms with E-state index in [0.29, 0.717) is 26.3 Å². The minimum atomic E-state index is -1.02. The number of ketones is 2. The highest BCUT2D eigenvalue weighted by Gasteiger charge is 2.37. The van der Waals surface area contributed by atoms with Gasteiger partial charge in [0.1, 0.15) is 16.8 Å². The summed E-state index contributed by atoms with van der Waals surface area (Å²) in [6.45, 7) is 4.28. The molecule has 1 aromatic rings. The van der Waals surface area contributed by atoms with Gasteiger partial charge in [-0.2, -0.15) is 0 Å². The number of morpholine rings is 1. The van der Waals surface area contributed by atoms with Gasteiger partial charge < -0.3 is 4.74 Å². The predicted octanol–water partition coefficient (Wildman–Crippen LogP) is 0.841. The summed E-state index contributed by atoms with van der Waals surface area (Å²) in [5.41, 5.74) is 0.528. The highest BCUT2D eigenvalue weighted by atomic mass is 35.5. The second kappa shape index (κ2) is 6.64. The topological polar surface area (TPSA) is 71.9 Å². The first-order valence-corrected chi connectivity index (χ1v) is 7.64. The van der Waals surface area contributed by atoms with Gasteiger partial charge in [0.05, 0.1) is 19.8 Å². The number of aliphatic imine (C=N–C) groups is 1. The predicted molar refractivity (Wildman–Crippen MR) is 82.1 cm³/mol. The third-order valence-electron chi connectivity index (χ3n) is 3.79. The molecule has 1 unspecified atom stereocenters. The average molecular weight is 322 g/mol. The summed E-state index contributed by atoms with van der Waals surface area (Å²) in [5, 5.41) is -1.02. The largest absolute Gasteiger partial charge is 0.379 e. The van der Waals surface area contributed by atoms with E-state index in [9.17, 15) is 9.59 Å². The Balaban J connectivity index is 1.74. The van der Waals surface area contributed by atoms with E-state index in [2.05, 4.69) is 14.9 Å². The fourth-order valence-corrected chi connectivity index (χ4v) is 2.86. The second-order valence-electron chi connectivity index (χ2n) is 5.18. The van der Waals surface area contributed by atoms with Crippen LogP contribution in [0.1, 0.15) is 20.8 Å². The lowest BCUT2D eigenvalue weighted by Gasteiger charge is -2.26. The molecule has 6 nitrogen and oxygen atoms in total. The summed E-state index contributed by atoms with van der Waals surface area (Å²) in [6, 6.07) is 3.19. The molecule has 1 saturated heterocycles. The number of ether oxygens (including phenoxy) is 1. The number of fused-ring (bicyclic) bond motifs is 1. The van der Waals surface area contributed by atoms with Gasteiger partial charge in [-0.05, 0) is 12.1 Å². The molecule has 0 aromatic carbocycles. The van der Waals surface area contributed by atoms with Gasteiger partial charge in [0.25, 0.3) is 0 Å². The number of alkyl halides is 1. The number of aromatic nitrogens is 1. The van der Waals surface area contributed by atoms with Gasteiger partial charge in [0, 0.05) is 31.4 Å². The van der Waals surface area contributed by atoms with Crippen molar-refractivity contribution in [1.82, 2.24) is 9.88 Å². The van der Waals surface area contributed by atoms with Crippen LogP contribution >= 0.6 is 11.6 Å². The summed E-state index contributed by atoms with van der Waals surface area (Å²) >= 11 is 6.11. The Bertz CT molecular complexity index is 626. The quantitative estimate of drug-likeness (QED) is 0.772. The molecule has 0 saturated carbocycles. The number of nitrogens with zero attached hydrogens (tertiary/aromatic N) is 3. The van der Waals surface area contributed by atoms with Crippen molar-refractivity contribution in [2.24, 2.45) is 4.99 Å². The molecule has 0 N–H and O–H groups in total. The minimum absolute atomic E-state index is 0.103. The molecule has 3 rings (SSSR count). The van der Waals surface area contributed by atoms with Gasteiger partial charge >= 0.3 is 0 Å². The smallest absolute Gasteiger partial charge is 0.227 e. The summed E-state index contributed by atoms with van der Waals surface area (Å²) in [7, 11) is 0. The van der Waals surface area contributed by atoms with Crippen molar-refractivity contribution in [3.8, 4) is 0 Å². The first-order valence-electron chi connectivity index (χ1n) is 7.21. The van der Waals surface area contributed by atoms with Gasteiger partial charge in [0.2, 0.25) is 5.78 Å². The molecule has 2 aliphatic rings. The highest BCUT2D eigenvalue weighted by molar-refractivity contribution is 6.64. The van der Waals surface area contributed by atoms with Crippen LogP contribution in [-0.2, 0) is 4.74 Å². The van der Waals surface area contributed by atoms with Gasteiger partial charge in [-0.1, -0.05) is 0 Å². The number of halogens is 1. The van der Waals surface area contributed by atoms with Crippen molar-refractivity contribution in [1.29, 1.82) is 0 Å². The van der Waals surface area contributed by atoms with E-state index in [0.717, 1.165) is 13.1 Å². The second-order valence-corrected chi connectivity index (χ2v) is 5.61. The lowest BCUT2D eigenvalue weighted by atomic mass is 9.91. The van der Waals surface area contributed by atoms with Crippen LogP contribution in [0, 0.1) is 0 Å². The number of carbonyl (C=O) groups is 2. The normalized spacial score (nSPS) is 24.6. The lowest BCUT2D eigenvalue weighted by molar-refractivity contribution is 0.0394. The van der Waals surface area contributed by atoms with Crippen molar-refractivity contribution in [3.05, 3.63) is 29.6 Å². The van der Waals surface area contributed by atoms with E-state index in [-0.39, 0.29) is 28.5 Å². The van der Waals surface area contributed by atoms with Crippen LogP contribution in [0.5, 0.6) is 0 Å². The van der Waals surface area contributed by atoms with Crippen LogP contribution in [0.3, 0.4) is 0 Å². The number of pyridine rings is 1. The molecule has 22 heavy (non-hydrogen) atoms. The van der Waals surface area contributed by atoms with Crippen LogP contribution in [0.2, 0.25) is 0 Å². The first kappa shape index (κ1) is 15.3. The third-order valence-corrected chi connectivity index (χ3v) is 4.20. The average Bonchev–Trinajstić information content (AvgIpc) is 2.57. The highest BCUT2D eigenvalue weighted by Crippen LogP contribution is 2.21. The van der Waals surface area contributed by atoms with E-state index in [4.69, 9.17) is 16.3 Å². The standard InChI is InChI=1S/C15H16ClN3O3/c16-11-13(18-4-5-19-6-8-22-9-7-19)15(21)12-10(14(11)20)2-1-3-17-12/h1-3,11H,4-9H2. The van der Waals surface area contributed by atoms with Gasteiger partial charge in [0.15, 0.2) is 5.78 Å². The van der Waals surface area contributed by atoms with E-state index >= 15 is 0 Å². The minimum Gasteiger partial charge on any atom is -0.379 e. The molecule has 0 radical (unpaired) electrons. The van der Waals surface area contributed by atoms with E-state index in [1.54, 1.807) is 12.1 Å². The molecule has 1 aliphatic heterocycles. The fourth-order valence-electron chi connectivity index (χ4n) is 2.57. The van der Waals surface area contributed by atoms with Crippen LogP contribution in [0.4, 0.5) is 0 Å². The Morgan fingerprint density at radius 1 is 1.36 bits per heavy atom. The molecule has 2 heterocycles. The number of rotatable bonds is 3. The van der Waals surface area contributed by atoms with Crippen LogP contribution in [0.15, 0.2) is 23.3 Å². The Morgan fingerprint density at radius 2 is 2.14 bits per heavy atom. The van der Waals surface area contributed by atoms with Crippen molar-refractivity contribution < 1.29 is 14.3 Å². The van der Waals surface area contributed by atoms with Crippen LogP contribution < -0.4 is 0 Å². The van der Waals surface area contributed by atoms with E-state index < -0.39 is 5.38 Å². The molecule has 0 bridgehead atoms. The van der Waals surface area contributed by atoms with E-state index in [1.807, 2.05) is 0 Å². The summed E-state index contributed by atoms with van der Waals surface area (Å²) in [4.78, 5) is 35.1. The molecule has 1 aromatic heterocycles. The van der Waals surface area contributed by atoms with Crippen molar-refractivity contribution in [2.75, 3.05) is 39.4 Å². The molecule has 0 spiro atoms. The number of Topliss-reactive ketones (excluding diaryl/α,β-unsaturated/α-hetero) is 2. The molecular formula is C15H16ClN3O3. The summed E-state index contributed by atoms with van der Waals surface area (Å²) in [6.07, 6.45) is 1.49. The Kier molecular flexibility index (Phi) is 4.61. The van der Waals surface area contributed by atoms with Crippen LogP contribution in [0.25, 0.3) is 0 Å². The summed E-state index contributed by atoms with van der Waals surface area (Å²) < 4.78 is 5.28. The summed E-state index contributed by atoms with van der Waals surface area (Å²) in [5.74, 6) is -0.660. The molecule has 7 heteroatoms. The Morgan fingerprint density at radius 3 is 2.91 bits per heavy atom. The van der Waals surface area contributed by atoms with Crippen molar-refractivity contribution >= 4 is 28.9 Å². The fraction of sp³-hybridized carbons (Fsp3) is 0.467. The molecule has 1 fully saturated rings. The Labute approximate surface area is 133 Å². The third kappa shape index (κ3) is 2.95. The lowest BCUT2D eigenvalue weighted by Crippen LogP contribution is -2.40. The van der Waals surface area contributed by atoms with Gasteiger partial charge in [-0.25, -0.2) is 0 Å².